The number of rotatable bonds is 6. The van der Waals surface area contributed by atoms with Crippen molar-refractivity contribution in [1.82, 2.24) is 14.9 Å². The Kier molecular flexibility index (Phi) is 5.09. The number of fused-ring (bicyclic) bond motifs is 1. The van der Waals surface area contributed by atoms with E-state index < -0.39 is 6.04 Å². The van der Waals surface area contributed by atoms with Gasteiger partial charge in [0.2, 0.25) is 0 Å². The van der Waals surface area contributed by atoms with Crippen LogP contribution in [0.1, 0.15) is 24.4 Å². The summed E-state index contributed by atoms with van der Waals surface area (Å²) >= 11 is 0. The predicted octanol–water partition coefficient (Wildman–Crippen LogP) is 3.20. The van der Waals surface area contributed by atoms with E-state index in [1.807, 2.05) is 41.8 Å². The quantitative estimate of drug-likeness (QED) is 0.700. The molecule has 6 heteroatoms. The van der Waals surface area contributed by atoms with Gasteiger partial charge in [0.25, 0.3) is 0 Å². The van der Waals surface area contributed by atoms with Crippen molar-refractivity contribution in [3.8, 4) is 0 Å². The predicted molar refractivity (Wildman–Crippen MR) is 93.4 cm³/mol. The van der Waals surface area contributed by atoms with E-state index in [1.165, 1.54) is 19.2 Å². The summed E-state index contributed by atoms with van der Waals surface area (Å²) in [6.45, 7) is 3.06. The van der Waals surface area contributed by atoms with Crippen molar-refractivity contribution in [3.63, 3.8) is 0 Å². The number of aryl methyl sites for hydroxylation is 1. The van der Waals surface area contributed by atoms with Crippen molar-refractivity contribution in [2.75, 3.05) is 7.11 Å². The fourth-order valence-corrected chi connectivity index (χ4v) is 2.93. The topological polar surface area (TPSA) is 56.2 Å². The molecule has 130 valence electrons. The molecule has 1 atom stereocenters. The van der Waals surface area contributed by atoms with E-state index in [2.05, 4.69) is 10.3 Å². The summed E-state index contributed by atoms with van der Waals surface area (Å²) in [5.41, 5.74) is 2.29. The third-order valence-electron chi connectivity index (χ3n) is 4.14. The molecular weight excluding hydrogens is 321 g/mol. The summed E-state index contributed by atoms with van der Waals surface area (Å²) in [5, 5.41) is 3.20. The van der Waals surface area contributed by atoms with Crippen LogP contribution >= 0.6 is 0 Å². The fourth-order valence-electron chi connectivity index (χ4n) is 2.93. The maximum absolute atomic E-state index is 13.4. The molecule has 1 N–H and O–H groups in total. The molecule has 1 unspecified atom stereocenters. The number of carbonyl (C=O) groups excluding carboxylic acids is 1. The number of halogens is 1. The highest BCUT2D eigenvalue weighted by Gasteiger charge is 2.21. The minimum absolute atomic E-state index is 0.315. The van der Waals surface area contributed by atoms with Gasteiger partial charge in [-0.25, -0.2) is 14.2 Å². The number of nitrogens with one attached hydrogen (secondary N) is 1. The molecule has 2 aromatic carbocycles. The molecule has 0 saturated heterocycles. The summed E-state index contributed by atoms with van der Waals surface area (Å²) in [4.78, 5) is 16.6. The second kappa shape index (κ2) is 7.44. The van der Waals surface area contributed by atoms with Gasteiger partial charge < -0.3 is 9.30 Å². The lowest BCUT2D eigenvalue weighted by atomic mass is 10.1. The van der Waals surface area contributed by atoms with Gasteiger partial charge in [0.15, 0.2) is 0 Å². The van der Waals surface area contributed by atoms with Gasteiger partial charge in [-0.3, -0.25) is 5.32 Å². The number of carbonyl (C=O) groups is 1. The first kappa shape index (κ1) is 17.1. The Morgan fingerprint density at radius 2 is 2.04 bits per heavy atom. The van der Waals surface area contributed by atoms with E-state index in [-0.39, 0.29) is 11.8 Å². The standard InChI is InChI=1S/C19H20FN3O2/c1-3-23-16-10-9-14(20)11-15(16)22-17(23)12-21-18(19(24)25-2)13-7-5-4-6-8-13/h4-11,18,21H,3,12H2,1-2H3. The Morgan fingerprint density at radius 3 is 2.72 bits per heavy atom. The van der Waals surface area contributed by atoms with Gasteiger partial charge in [0, 0.05) is 12.6 Å². The first-order valence-corrected chi connectivity index (χ1v) is 8.15. The van der Waals surface area contributed by atoms with E-state index in [0.717, 1.165) is 16.9 Å². The van der Waals surface area contributed by atoms with Crippen LogP contribution in [0.2, 0.25) is 0 Å². The molecule has 1 aromatic heterocycles. The number of aromatic nitrogens is 2. The summed E-state index contributed by atoms with van der Waals surface area (Å²) in [6.07, 6.45) is 0. The van der Waals surface area contributed by atoms with Crippen LogP contribution in [0.5, 0.6) is 0 Å². The molecule has 3 aromatic rings. The van der Waals surface area contributed by atoms with Gasteiger partial charge in [0.05, 0.1) is 24.7 Å². The van der Waals surface area contributed by atoms with Crippen LogP contribution in [-0.2, 0) is 22.6 Å². The molecule has 0 aliphatic heterocycles. The largest absolute Gasteiger partial charge is 0.468 e. The van der Waals surface area contributed by atoms with Gasteiger partial charge in [-0.2, -0.15) is 0 Å². The monoisotopic (exact) mass is 341 g/mol. The lowest BCUT2D eigenvalue weighted by Gasteiger charge is -2.17. The zero-order chi connectivity index (χ0) is 17.8. The second-order valence-electron chi connectivity index (χ2n) is 5.65. The number of ether oxygens (including phenoxy) is 1. The molecule has 0 radical (unpaired) electrons. The minimum atomic E-state index is -0.590. The van der Waals surface area contributed by atoms with Crippen molar-refractivity contribution < 1.29 is 13.9 Å². The molecule has 5 nitrogen and oxygen atoms in total. The Morgan fingerprint density at radius 1 is 1.28 bits per heavy atom. The van der Waals surface area contributed by atoms with E-state index in [4.69, 9.17) is 4.74 Å². The molecule has 0 bridgehead atoms. The van der Waals surface area contributed by atoms with Crippen LogP contribution < -0.4 is 5.32 Å². The van der Waals surface area contributed by atoms with E-state index in [0.29, 0.717) is 18.6 Å². The first-order valence-electron chi connectivity index (χ1n) is 8.15. The normalized spacial score (nSPS) is 12.3. The Bertz CT molecular complexity index is 877. The molecule has 0 saturated carbocycles. The summed E-state index contributed by atoms with van der Waals surface area (Å²) in [7, 11) is 1.37. The maximum atomic E-state index is 13.4. The Labute approximate surface area is 145 Å². The molecule has 0 aliphatic carbocycles. The molecule has 0 fully saturated rings. The zero-order valence-corrected chi connectivity index (χ0v) is 14.2. The highest BCUT2D eigenvalue weighted by Crippen LogP contribution is 2.19. The highest BCUT2D eigenvalue weighted by molar-refractivity contribution is 5.78. The van der Waals surface area contributed by atoms with Crippen LogP contribution in [0.4, 0.5) is 4.39 Å². The lowest BCUT2D eigenvalue weighted by molar-refractivity contribution is -0.143. The Balaban J connectivity index is 1.88. The molecule has 25 heavy (non-hydrogen) atoms. The van der Waals surface area contributed by atoms with E-state index >= 15 is 0 Å². The van der Waals surface area contributed by atoms with Crippen LogP contribution in [0, 0.1) is 5.82 Å². The molecule has 1 heterocycles. The lowest BCUT2D eigenvalue weighted by Crippen LogP contribution is -2.30. The number of esters is 1. The number of methoxy groups -OCH3 is 1. The average Bonchev–Trinajstić information content (AvgIpc) is 2.98. The van der Waals surface area contributed by atoms with Gasteiger partial charge in [-0.05, 0) is 24.6 Å². The van der Waals surface area contributed by atoms with Crippen molar-refractivity contribution in [2.45, 2.75) is 26.1 Å². The van der Waals surface area contributed by atoms with E-state index in [9.17, 15) is 9.18 Å². The molecular formula is C19H20FN3O2. The third kappa shape index (κ3) is 3.53. The fraction of sp³-hybridized carbons (Fsp3) is 0.263. The van der Waals surface area contributed by atoms with Crippen LogP contribution in [0.3, 0.4) is 0 Å². The van der Waals surface area contributed by atoms with Crippen molar-refractivity contribution in [1.29, 1.82) is 0 Å². The molecule has 0 amide bonds. The third-order valence-corrected chi connectivity index (χ3v) is 4.14. The maximum Gasteiger partial charge on any atom is 0.327 e. The molecule has 0 spiro atoms. The van der Waals surface area contributed by atoms with E-state index in [1.54, 1.807) is 6.07 Å². The molecule has 0 aliphatic rings. The summed E-state index contributed by atoms with van der Waals surface area (Å²) in [6, 6.07) is 13.3. The Hall–Kier alpha value is -2.73. The van der Waals surface area contributed by atoms with Crippen LogP contribution in [0.15, 0.2) is 48.5 Å². The zero-order valence-electron chi connectivity index (χ0n) is 14.2. The smallest absolute Gasteiger partial charge is 0.327 e. The van der Waals surface area contributed by atoms with Crippen LogP contribution in [0.25, 0.3) is 11.0 Å². The summed E-state index contributed by atoms with van der Waals surface area (Å²) in [5.74, 6) is 0.0637. The second-order valence-corrected chi connectivity index (χ2v) is 5.65. The minimum Gasteiger partial charge on any atom is -0.468 e. The van der Waals surface area contributed by atoms with Crippen molar-refractivity contribution >= 4 is 17.0 Å². The summed E-state index contributed by atoms with van der Waals surface area (Å²) < 4.78 is 20.4. The van der Waals surface area contributed by atoms with Gasteiger partial charge in [-0.15, -0.1) is 0 Å². The number of hydrogen-bond acceptors (Lipinski definition) is 4. The van der Waals surface area contributed by atoms with Gasteiger partial charge in [0.1, 0.15) is 17.7 Å². The average molecular weight is 341 g/mol. The first-order chi connectivity index (χ1) is 12.1. The van der Waals surface area contributed by atoms with Crippen LogP contribution in [-0.4, -0.2) is 22.6 Å². The number of nitrogens with zero attached hydrogens (tertiary/aromatic N) is 2. The van der Waals surface area contributed by atoms with Crippen molar-refractivity contribution in [2.24, 2.45) is 0 Å². The molecule has 3 rings (SSSR count). The van der Waals surface area contributed by atoms with Crippen molar-refractivity contribution in [3.05, 3.63) is 65.7 Å². The SMILES string of the molecule is CCn1c(CNC(C(=O)OC)c2ccccc2)nc2cc(F)ccc21. The van der Waals surface area contributed by atoms with Gasteiger partial charge >= 0.3 is 5.97 Å². The number of imidazole rings is 1. The highest BCUT2D eigenvalue weighted by atomic mass is 19.1. The number of hydrogen-bond donors (Lipinski definition) is 1. The van der Waals surface area contributed by atoms with Gasteiger partial charge in [-0.1, -0.05) is 30.3 Å². The number of benzene rings is 2.